The summed E-state index contributed by atoms with van der Waals surface area (Å²) in [6, 6.07) is 0. The van der Waals surface area contributed by atoms with Gasteiger partial charge in [-0.15, -0.1) is 0 Å². The molecule has 1 heteroatoms. The van der Waals surface area contributed by atoms with Gasteiger partial charge < -0.3 is 0 Å². The molecule has 0 aromatic carbocycles. The van der Waals surface area contributed by atoms with Gasteiger partial charge in [0.25, 0.3) is 0 Å². The van der Waals surface area contributed by atoms with Crippen LogP contribution in [-0.2, 0) is 14.7 Å². The Morgan fingerprint density at radius 3 is 2.57 bits per heavy atom. The molecular weight excluding hydrogens is 215 g/mol. The van der Waals surface area contributed by atoms with E-state index >= 15 is 0 Å². The van der Waals surface area contributed by atoms with Crippen LogP contribution in [0, 0.1) is 0 Å². The normalized spacial score (nSPS) is 30.0. The molecule has 0 saturated heterocycles. The van der Waals surface area contributed by atoms with Crippen LogP contribution in [-0.4, -0.2) is 0 Å². The first-order valence-corrected chi connectivity index (χ1v) is 5.67. The summed E-state index contributed by atoms with van der Waals surface area (Å²) in [6.45, 7) is 0. The van der Waals surface area contributed by atoms with Crippen molar-refractivity contribution in [3.8, 4) is 0 Å². The van der Waals surface area contributed by atoms with Crippen molar-refractivity contribution in [2.45, 2.75) is 6.42 Å². The number of allylic oxidation sites excluding steroid dienone is 12. The van der Waals surface area contributed by atoms with Gasteiger partial charge >= 0.3 is 90.9 Å². The van der Waals surface area contributed by atoms with E-state index in [1.54, 1.807) is 0 Å². The van der Waals surface area contributed by atoms with Crippen LogP contribution in [0.3, 0.4) is 0 Å². The Bertz CT molecular complexity index is 376. The van der Waals surface area contributed by atoms with E-state index in [2.05, 4.69) is 54.7 Å². The molecule has 0 radical (unpaired) electrons. The van der Waals surface area contributed by atoms with Crippen LogP contribution in [0.15, 0.2) is 69.8 Å². The molecule has 73 valence electrons. The van der Waals surface area contributed by atoms with Crippen molar-refractivity contribution < 1.29 is 14.7 Å². The average molecular weight is 227 g/mol. The molecule has 0 aromatic heterocycles. The van der Waals surface area contributed by atoms with Crippen LogP contribution in [0.2, 0.25) is 0 Å². The molecule has 2 rings (SSSR count). The topological polar surface area (TPSA) is 0 Å². The van der Waals surface area contributed by atoms with Gasteiger partial charge in [0.05, 0.1) is 0 Å². The fraction of sp³-hybridized carbons (Fsp3) is 0.0769. The van der Waals surface area contributed by atoms with Crippen molar-refractivity contribution >= 4 is 0 Å². The zero-order valence-electron chi connectivity index (χ0n) is 7.81. The summed E-state index contributed by atoms with van der Waals surface area (Å²) in [6.07, 6.45) is 22.3. The Labute approximate surface area is 91.1 Å². The van der Waals surface area contributed by atoms with Crippen molar-refractivity contribution in [3.63, 3.8) is 0 Å². The van der Waals surface area contributed by atoms with Gasteiger partial charge in [0.2, 0.25) is 0 Å². The molecule has 0 spiro atoms. The van der Waals surface area contributed by atoms with E-state index in [0.29, 0.717) is 0 Å². The molecule has 0 fully saturated rings. The minimum atomic E-state index is 1.10. The molecule has 0 N–H and O–H groups in total. The van der Waals surface area contributed by atoms with Crippen molar-refractivity contribution in [2.24, 2.45) is 0 Å². The van der Waals surface area contributed by atoms with E-state index in [1.807, 2.05) is 6.08 Å². The summed E-state index contributed by atoms with van der Waals surface area (Å²) in [7, 11) is 0. The molecule has 0 bridgehead atoms. The fourth-order valence-corrected chi connectivity index (χ4v) is 2.36. The first-order valence-electron chi connectivity index (χ1n) is 4.63. The number of hydrogen-bond donors (Lipinski definition) is 0. The number of rotatable bonds is 2. The molecule has 0 nitrogen and oxygen atoms in total. The summed E-state index contributed by atoms with van der Waals surface area (Å²) < 4.78 is 2.81. The zero-order chi connectivity index (χ0) is 9.64. The SMILES string of the molecule is C1=CC[C]([Co][C]2=C/C=C\C=C/C=C\2)=C1. The molecule has 2 aliphatic carbocycles. The fourth-order valence-electron chi connectivity index (χ4n) is 1.19. The van der Waals surface area contributed by atoms with Gasteiger partial charge in [0, 0.05) is 0 Å². The molecular formula is C13H12Co. The second-order valence-corrected chi connectivity index (χ2v) is 4.49. The van der Waals surface area contributed by atoms with Crippen LogP contribution in [0.25, 0.3) is 0 Å². The molecule has 2 aliphatic rings. The minimum absolute atomic E-state index is 1.10. The predicted molar refractivity (Wildman–Crippen MR) is 57.3 cm³/mol. The second kappa shape index (κ2) is 4.98. The van der Waals surface area contributed by atoms with Crippen molar-refractivity contribution in [2.75, 3.05) is 0 Å². The van der Waals surface area contributed by atoms with Crippen molar-refractivity contribution in [1.29, 1.82) is 0 Å². The molecule has 0 saturated carbocycles. The molecule has 0 amide bonds. The molecule has 0 atom stereocenters. The summed E-state index contributed by atoms with van der Waals surface area (Å²) in [5, 5.41) is 0. The summed E-state index contributed by atoms with van der Waals surface area (Å²) in [5.74, 6) is 0. The Hall–Kier alpha value is -1.05. The van der Waals surface area contributed by atoms with Gasteiger partial charge in [-0.25, -0.2) is 0 Å². The van der Waals surface area contributed by atoms with Crippen LogP contribution in [0.5, 0.6) is 0 Å². The Morgan fingerprint density at radius 2 is 1.71 bits per heavy atom. The van der Waals surface area contributed by atoms with E-state index in [1.165, 1.54) is 23.7 Å². The maximum absolute atomic E-state index is 2.20. The third-order valence-electron chi connectivity index (χ3n) is 1.85. The Morgan fingerprint density at radius 1 is 0.857 bits per heavy atom. The van der Waals surface area contributed by atoms with Crippen molar-refractivity contribution in [1.82, 2.24) is 0 Å². The van der Waals surface area contributed by atoms with E-state index in [4.69, 9.17) is 0 Å². The van der Waals surface area contributed by atoms with Gasteiger partial charge in [0.15, 0.2) is 0 Å². The summed E-state index contributed by atoms with van der Waals surface area (Å²) >= 11 is 1.36. The quantitative estimate of drug-likeness (QED) is 0.677. The first kappa shape index (κ1) is 9.50. The Balaban J connectivity index is 2.03. The van der Waals surface area contributed by atoms with Crippen LogP contribution in [0.4, 0.5) is 0 Å². The first-order chi connectivity index (χ1) is 6.95. The van der Waals surface area contributed by atoms with Gasteiger partial charge in [-0.05, 0) is 0 Å². The van der Waals surface area contributed by atoms with Gasteiger partial charge in [-0.2, -0.15) is 0 Å². The molecule has 0 unspecified atom stereocenters. The predicted octanol–water partition coefficient (Wildman–Crippen LogP) is 3.48. The van der Waals surface area contributed by atoms with E-state index in [0.717, 1.165) is 6.42 Å². The van der Waals surface area contributed by atoms with Gasteiger partial charge in [-0.1, -0.05) is 0 Å². The maximum atomic E-state index is 2.20. The third-order valence-corrected chi connectivity index (χ3v) is 3.22. The van der Waals surface area contributed by atoms with Crippen LogP contribution >= 0.6 is 0 Å². The zero-order valence-corrected chi connectivity index (χ0v) is 8.85. The van der Waals surface area contributed by atoms with E-state index in [-0.39, 0.29) is 0 Å². The monoisotopic (exact) mass is 227 g/mol. The van der Waals surface area contributed by atoms with Crippen LogP contribution in [0.1, 0.15) is 6.42 Å². The van der Waals surface area contributed by atoms with Gasteiger partial charge in [0.1, 0.15) is 0 Å². The van der Waals surface area contributed by atoms with Crippen molar-refractivity contribution in [3.05, 3.63) is 69.8 Å². The Kier molecular flexibility index (Phi) is 3.38. The molecule has 0 heterocycles. The third kappa shape index (κ3) is 2.72. The average Bonchev–Trinajstić information content (AvgIpc) is 2.62. The second-order valence-electron chi connectivity index (χ2n) is 2.96. The molecule has 0 aliphatic heterocycles. The van der Waals surface area contributed by atoms with E-state index in [9.17, 15) is 0 Å². The van der Waals surface area contributed by atoms with E-state index < -0.39 is 0 Å². The van der Waals surface area contributed by atoms with Gasteiger partial charge in [-0.3, -0.25) is 0 Å². The standard InChI is InChI=1S/C8H7.C5H5.Co/c1-2-4-6-8-7-5-3-1;1-2-4-5-3-1;/h1-7H;1-3H,4H2;/b2-1-,3-1?,4-2?,5-3-,6-4-,7-5?,8-6?,8-7?;;. The summed E-state index contributed by atoms with van der Waals surface area (Å²) in [5.41, 5.74) is 0. The number of hydrogen-bond acceptors (Lipinski definition) is 0. The molecule has 14 heavy (non-hydrogen) atoms. The molecule has 0 aromatic rings. The van der Waals surface area contributed by atoms with Crippen LogP contribution < -0.4 is 0 Å². The summed E-state index contributed by atoms with van der Waals surface area (Å²) in [4.78, 5) is 0.